The number of nitrogens with one attached hydrogen (secondary N) is 1. The number of halogens is 1. The van der Waals surface area contributed by atoms with Gasteiger partial charge in [-0.3, -0.25) is 4.90 Å². The van der Waals surface area contributed by atoms with E-state index >= 15 is 0 Å². The lowest BCUT2D eigenvalue weighted by atomic mass is 9.78. The molecule has 162 valence electrons. The van der Waals surface area contributed by atoms with E-state index in [4.69, 9.17) is 9.72 Å². The summed E-state index contributed by atoms with van der Waals surface area (Å²) in [5.74, 6) is 0.817. The van der Waals surface area contributed by atoms with Crippen LogP contribution in [0.2, 0.25) is 0 Å². The molecule has 0 unspecified atom stereocenters. The minimum absolute atomic E-state index is 0.266. The fourth-order valence-electron chi connectivity index (χ4n) is 4.93. The van der Waals surface area contributed by atoms with Crippen LogP contribution in [-0.2, 0) is 4.74 Å². The van der Waals surface area contributed by atoms with Gasteiger partial charge in [-0.1, -0.05) is 12.1 Å². The Labute approximate surface area is 183 Å². The van der Waals surface area contributed by atoms with Crippen LogP contribution in [0.15, 0.2) is 60.9 Å². The number of aromatic amines is 1. The van der Waals surface area contributed by atoms with Crippen LogP contribution >= 0.6 is 0 Å². The number of aromatic nitrogens is 4. The average molecular weight is 431 g/mol. The Balaban J connectivity index is 1.19. The Hall–Kier alpha value is -3.68. The molecule has 32 heavy (non-hydrogen) atoms. The summed E-state index contributed by atoms with van der Waals surface area (Å²) in [5, 5.41) is 4.28. The fourth-order valence-corrected chi connectivity index (χ4v) is 4.93. The molecular weight excluding hydrogens is 409 g/mol. The molecule has 0 bridgehead atoms. The number of ether oxygens (including phenoxy) is 1. The van der Waals surface area contributed by atoms with Crippen molar-refractivity contribution >= 4 is 22.8 Å². The van der Waals surface area contributed by atoms with E-state index in [0.29, 0.717) is 6.54 Å². The summed E-state index contributed by atoms with van der Waals surface area (Å²) in [6.07, 6.45) is 6.34. The number of rotatable bonds is 3. The third kappa shape index (κ3) is 3.14. The van der Waals surface area contributed by atoms with E-state index in [-0.39, 0.29) is 11.6 Å². The first-order chi connectivity index (χ1) is 15.6. The number of para-hydroxylation sites is 1. The smallest absolute Gasteiger partial charge is 0.415 e. The number of fused-ring (bicyclic) bond motifs is 1. The van der Waals surface area contributed by atoms with Crippen molar-refractivity contribution in [2.24, 2.45) is 0 Å². The van der Waals surface area contributed by atoms with Crippen molar-refractivity contribution in [1.29, 1.82) is 0 Å². The maximum absolute atomic E-state index is 14.2. The summed E-state index contributed by atoms with van der Waals surface area (Å²) in [6, 6.07) is 14.3. The lowest BCUT2D eigenvalue weighted by molar-refractivity contribution is 0.0208. The molecule has 1 N–H and O–H groups in total. The van der Waals surface area contributed by atoms with Gasteiger partial charge in [0.1, 0.15) is 17.2 Å². The number of hydrogen-bond donors (Lipinski definition) is 1. The van der Waals surface area contributed by atoms with E-state index in [1.807, 2.05) is 35.1 Å². The van der Waals surface area contributed by atoms with Gasteiger partial charge in [-0.2, -0.15) is 5.10 Å². The van der Waals surface area contributed by atoms with Crippen molar-refractivity contribution < 1.29 is 13.9 Å². The van der Waals surface area contributed by atoms with Gasteiger partial charge in [0.05, 0.1) is 29.0 Å². The zero-order valence-electron chi connectivity index (χ0n) is 17.4. The van der Waals surface area contributed by atoms with Gasteiger partial charge < -0.3 is 9.72 Å². The van der Waals surface area contributed by atoms with Crippen molar-refractivity contribution in [3.05, 3.63) is 72.6 Å². The van der Waals surface area contributed by atoms with Crippen LogP contribution in [0.4, 0.5) is 14.9 Å². The van der Waals surface area contributed by atoms with Gasteiger partial charge in [-0.05, 0) is 62.1 Å². The standard InChI is InChI=1S/C24H22FN5O2/c25-18-4-1-2-5-21(18)29-15-24(32-23(29)31)10-8-16(9-11-24)22-27-19-7-6-17(14-20(19)28-22)30-13-3-12-26-30/h1-7,12-14,16H,8-11,15H2,(H,27,28)/t16-,24-. The third-order valence-corrected chi connectivity index (χ3v) is 6.65. The number of benzene rings is 2. The number of amides is 1. The van der Waals surface area contributed by atoms with Crippen molar-refractivity contribution in [3.63, 3.8) is 0 Å². The quantitative estimate of drug-likeness (QED) is 0.498. The molecule has 1 saturated heterocycles. The van der Waals surface area contributed by atoms with Crippen molar-refractivity contribution in [2.45, 2.75) is 37.2 Å². The molecule has 6 rings (SSSR count). The molecular formula is C24H22FN5O2. The summed E-state index contributed by atoms with van der Waals surface area (Å²) >= 11 is 0. The van der Waals surface area contributed by atoms with Crippen LogP contribution in [-0.4, -0.2) is 38.0 Å². The Morgan fingerprint density at radius 3 is 2.75 bits per heavy atom. The van der Waals surface area contributed by atoms with E-state index in [1.165, 1.54) is 11.0 Å². The Morgan fingerprint density at radius 2 is 1.97 bits per heavy atom. The summed E-state index contributed by atoms with van der Waals surface area (Å²) in [6.45, 7) is 0.382. The number of imidazole rings is 1. The predicted molar refractivity (Wildman–Crippen MR) is 117 cm³/mol. The van der Waals surface area contributed by atoms with E-state index in [0.717, 1.165) is 48.2 Å². The molecule has 1 aliphatic carbocycles. The van der Waals surface area contributed by atoms with Gasteiger partial charge in [0.25, 0.3) is 0 Å². The fraction of sp³-hybridized carbons (Fsp3) is 0.292. The molecule has 4 aromatic rings. The van der Waals surface area contributed by atoms with Crippen molar-refractivity contribution in [2.75, 3.05) is 11.4 Å². The maximum Gasteiger partial charge on any atom is 0.415 e. The number of nitrogens with zero attached hydrogens (tertiary/aromatic N) is 4. The Morgan fingerprint density at radius 1 is 1.12 bits per heavy atom. The number of carbonyl (C=O) groups excluding carboxylic acids is 1. The monoisotopic (exact) mass is 431 g/mol. The number of carbonyl (C=O) groups is 1. The van der Waals surface area contributed by atoms with Gasteiger partial charge in [-0.25, -0.2) is 18.9 Å². The predicted octanol–water partition coefficient (Wildman–Crippen LogP) is 4.94. The lowest BCUT2D eigenvalue weighted by Crippen LogP contribution is -2.38. The second kappa shape index (κ2) is 7.19. The number of hydrogen-bond acceptors (Lipinski definition) is 4. The molecule has 7 nitrogen and oxygen atoms in total. The molecule has 0 radical (unpaired) electrons. The van der Waals surface area contributed by atoms with E-state index < -0.39 is 17.5 Å². The number of anilines is 1. The third-order valence-electron chi connectivity index (χ3n) is 6.65. The van der Waals surface area contributed by atoms with Crippen LogP contribution < -0.4 is 4.90 Å². The SMILES string of the molecule is O=C1O[C@]2(CC[C@H](c3nc4cc(-n5cccn5)ccc4[nH]3)CC2)CN1c1ccccc1F. The second-order valence-electron chi connectivity index (χ2n) is 8.64. The summed E-state index contributed by atoms with van der Waals surface area (Å²) in [5.41, 5.74) is 2.59. The highest BCUT2D eigenvalue weighted by molar-refractivity contribution is 5.90. The molecule has 2 aromatic carbocycles. The van der Waals surface area contributed by atoms with Crippen LogP contribution in [0.1, 0.15) is 37.4 Å². The Kier molecular flexibility index (Phi) is 4.28. The second-order valence-corrected chi connectivity index (χ2v) is 8.64. The molecule has 0 atom stereocenters. The molecule has 2 fully saturated rings. The molecule has 3 heterocycles. The van der Waals surface area contributed by atoms with Gasteiger partial charge in [0.15, 0.2) is 0 Å². The van der Waals surface area contributed by atoms with Crippen LogP contribution in [0, 0.1) is 5.82 Å². The normalized spacial score (nSPS) is 23.2. The van der Waals surface area contributed by atoms with Crippen molar-refractivity contribution in [1.82, 2.24) is 19.7 Å². The highest BCUT2D eigenvalue weighted by Gasteiger charge is 2.48. The molecule has 1 spiro atoms. The molecule has 1 aliphatic heterocycles. The summed E-state index contributed by atoms with van der Waals surface area (Å²) < 4.78 is 21.8. The highest BCUT2D eigenvalue weighted by Crippen LogP contribution is 2.44. The minimum Gasteiger partial charge on any atom is -0.441 e. The molecule has 1 amide bonds. The molecule has 8 heteroatoms. The van der Waals surface area contributed by atoms with Crippen molar-refractivity contribution in [3.8, 4) is 5.69 Å². The van der Waals surface area contributed by atoms with Crippen LogP contribution in [0.25, 0.3) is 16.7 Å². The maximum atomic E-state index is 14.2. The largest absolute Gasteiger partial charge is 0.441 e. The first-order valence-corrected chi connectivity index (χ1v) is 10.8. The number of H-pyrrole nitrogens is 1. The molecule has 2 aromatic heterocycles. The van der Waals surface area contributed by atoms with Gasteiger partial charge >= 0.3 is 6.09 Å². The zero-order chi connectivity index (χ0) is 21.7. The minimum atomic E-state index is -0.560. The van der Waals surface area contributed by atoms with E-state index in [2.05, 4.69) is 10.1 Å². The summed E-state index contributed by atoms with van der Waals surface area (Å²) in [7, 11) is 0. The molecule has 2 aliphatic rings. The lowest BCUT2D eigenvalue weighted by Gasteiger charge is -2.34. The van der Waals surface area contributed by atoms with Crippen LogP contribution in [0.5, 0.6) is 0 Å². The average Bonchev–Trinajstić information content (AvgIpc) is 3.53. The van der Waals surface area contributed by atoms with Gasteiger partial charge in [0.2, 0.25) is 0 Å². The first kappa shape index (κ1) is 19.0. The first-order valence-electron chi connectivity index (χ1n) is 10.8. The van der Waals surface area contributed by atoms with Gasteiger partial charge in [0, 0.05) is 18.3 Å². The Bertz CT molecular complexity index is 1290. The van der Waals surface area contributed by atoms with Crippen LogP contribution in [0.3, 0.4) is 0 Å². The van der Waals surface area contributed by atoms with Gasteiger partial charge in [-0.15, -0.1) is 0 Å². The van der Waals surface area contributed by atoms with E-state index in [1.54, 1.807) is 24.4 Å². The summed E-state index contributed by atoms with van der Waals surface area (Å²) in [4.78, 5) is 22.2. The van der Waals surface area contributed by atoms with E-state index in [9.17, 15) is 9.18 Å². The highest BCUT2D eigenvalue weighted by atomic mass is 19.1. The molecule has 1 saturated carbocycles. The zero-order valence-corrected chi connectivity index (χ0v) is 17.4. The topological polar surface area (TPSA) is 76.0 Å².